The van der Waals surface area contributed by atoms with Crippen molar-refractivity contribution in [1.82, 2.24) is 4.98 Å². The molecule has 0 aliphatic rings. The van der Waals surface area contributed by atoms with Crippen molar-refractivity contribution in [3.63, 3.8) is 0 Å². The minimum Gasteiger partial charge on any atom is -0.493 e. The van der Waals surface area contributed by atoms with Crippen LogP contribution in [0.4, 0.5) is 0 Å². The second kappa shape index (κ2) is 4.60. The summed E-state index contributed by atoms with van der Waals surface area (Å²) in [6.45, 7) is 3.81. The molecule has 0 atom stereocenters. The number of rotatable bonds is 4. The topological polar surface area (TPSA) is 71.6 Å². The number of carboxylic acids is 1. The van der Waals surface area contributed by atoms with Crippen LogP contribution in [0.1, 0.15) is 24.3 Å². The maximum atomic E-state index is 11.0. The normalized spacial score (nSPS) is 10.9. The Kier molecular flexibility index (Phi) is 3.14. The molecule has 5 nitrogen and oxygen atoms in total. The Morgan fingerprint density at radius 2 is 2.11 bits per heavy atom. The lowest BCUT2D eigenvalue weighted by Gasteiger charge is -2.14. The molecule has 0 aliphatic carbocycles. The summed E-state index contributed by atoms with van der Waals surface area (Å²) in [5.74, 6) is 0.154. The van der Waals surface area contributed by atoms with Crippen molar-refractivity contribution in [2.45, 2.75) is 20.0 Å². The molecule has 2 N–H and O–H groups in total. The molecule has 1 aromatic heterocycles. The van der Waals surface area contributed by atoms with Crippen LogP contribution in [0.2, 0.25) is 0 Å². The summed E-state index contributed by atoms with van der Waals surface area (Å²) in [6.07, 6.45) is -0.0207. The lowest BCUT2D eigenvalue weighted by molar-refractivity contribution is 0.0691. The standard InChI is InChI=1S/C13H15NO4/c1-7(2)18-12-8-6-10(13(15)16)14-9(8)4-5-11(12)17-3/h4-7,14H,1-3H3,(H,15,16). The summed E-state index contributed by atoms with van der Waals surface area (Å²) < 4.78 is 10.9. The minimum atomic E-state index is -0.999. The van der Waals surface area contributed by atoms with Crippen LogP contribution in [0.3, 0.4) is 0 Å². The predicted molar refractivity (Wildman–Crippen MR) is 67.6 cm³/mol. The highest BCUT2D eigenvalue weighted by atomic mass is 16.5. The molecule has 0 aliphatic heterocycles. The number of H-pyrrole nitrogens is 1. The van der Waals surface area contributed by atoms with Crippen LogP contribution in [0.5, 0.6) is 11.5 Å². The highest BCUT2D eigenvalue weighted by Gasteiger charge is 2.16. The first-order valence-corrected chi connectivity index (χ1v) is 5.62. The summed E-state index contributed by atoms with van der Waals surface area (Å²) in [6, 6.07) is 5.08. The second-order valence-electron chi connectivity index (χ2n) is 4.21. The van der Waals surface area contributed by atoms with Crippen molar-refractivity contribution in [3.8, 4) is 11.5 Å². The predicted octanol–water partition coefficient (Wildman–Crippen LogP) is 2.66. The molecule has 2 rings (SSSR count). The Bertz CT molecular complexity index is 586. The van der Waals surface area contributed by atoms with E-state index in [9.17, 15) is 4.79 Å². The molecule has 96 valence electrons. The van der Waals surface area contributed by atoms with E-state index in [1.807, 2.05) is 13.8 Å². The lowest BCUT2D eigenvalue weighted by Crippen LogP contribution is -2.06. The van der Waals surface area contributed by atoms with Gasteiger partial charge in [0.1, 0.15) is 5.69 Å². The van der Waals surface area contributed by atoms with E-state index in [-0.39, 0.29) is 11.8 Å². The van der Waals surface area contributed by atoms with Crippen LogP contribution in [-0.2, 0) is 0 Å². The van der Waals surface area contributed by atoms with Gasteiger partial charge in [-0.05, 0) is 32.0 Å². The van der Waals surface area contributed by atoms with E-state index in [0.29, 0.717) is 22.4 Å². The highest BCUT2D eigenvalue weighted by molar-refractivity contribution is 5.97. The van der Waals surface area contributed by atoms with Crippen LogP contribution >= 0.6 is 0 Å². The van der Waals surface area contributed by atoms with Crippen LogP contribution in [-0.4, -0.2) is 29.3 Å². The zero-order valence-electron chi connectivity index (χ0n) is 10.5. The van der Waals surface area contributed by atoms with E-state index in [2.05, 4.69) is 4.98 Å². The van der Waals surface area contributed by atoms with E-state index in [4.69, 9.17) is 14.6 Å². The summed E-state index contributed by atoms with van der Waals surface area (Å²) in [7, 11) is 1.55. The lowest BCUT2D eigenvalue weighted by atomic mass is 10.2. The van der Waals surface area contributed by atoms with Crippen molar-refractivity contribution < 1.29 is 19.4 Å². The van der Waals surface area contributed by atoms with Gasteiger partial charge in [-0.15, -0.1) is 0 Å². The van der Waals surface area contributed by atoms with Crippen LogP contribution < -0.4 is 9.47 Å². The zero-order chi connectivity index (χ0) is 13.3. The fraction of sp³-hybridized carbons (Fsp3) is 0.308. The average Bonchev–Trinajstić information content (AvgIpc) is 2.73. The summed E-state index contributed by atoms with van der Waals surface area (Å²) in [5.41, 5.74) is 0.843. The van der Waals surface area contributed by atoms with E-state index in [0.717, 1.165) is 0 Å². The smallest absolute Gasteiger partial charge is 0.352 e. The molecule has 1 aromatic carbocycles. The SMILES string of the molecule is COc1ccc2[nH]c(C(=O)O)cc2c1OC(C)C. The Morgan fingerprint density at radius 3 is 2.67 bits per heavy atom. The molecule has 5 heteroatoms. The molecule has 0 saturated carbocycles. The molecule has 18 heavy (non-hydrogen) atoms. The van der Waals surface area contributed by atoms with Gasteiger partial charge in [0.15, 0.2) is 11.5 Å². The van der Waals surface area contributed by atoms with Gasteiger partial charge in [-0.2, -0.15) is 0 Å². The fourth-order valence-corrected chi connectivity index (χ4v) is 1.79. The third-order valence-corrected chi connectivity index (χ3v) is 2.52. The summed E-state index contributed by atoms with van der Waals surface area (Å²) in [5, 5.41) is 9.69. The largest absolute Gasteiger partial charge is 0.493 e. The Hall–Kier alpha value is -2.17. The number of aromatic amines is 1. The molecular weight excluding hydrogens is 234 g/mol. The molecule has 2 aromatic rings. The number of aromatic carboxylic acids is 1. The molecule has 0 saturated heterocycles. The van der Waals surface area contributed by atoms with E-state index in [1.54, 1.807) is 25.3 Å². The monoisotopic (exact) mass is 249 g/mol. The first-order valence-electron chi connectivity index (χ1n) is 5.62. The molecule has 0 fully saturated rings. The number of benzene rings is 1. The Balaban J connectivity index is 2.64. The van der Waals surface area contributed by atoms with Gasteiger partial charge in [0, 0.05) is 5.39 Å². The number of aromatic nitrogens is 1. The maximum Gasteiger partial charge on any atom is 0.352 e. The van der Waals surface area contributed by atoms with Crippen LogP contribution in [0, 0.1) is 0 Å². The molecule has 0 spiro atoms. The number of carbonyl (C=O) groups is 1. The third kappa shape index (κ3) is 2.11. The van der Waals surface area contributed by atoms with E-state index in [1.165, 1.54) is 0 Å². The van der Waals surface area contributed by atoms with Gasteiger partial charge < -0.3 is 19.6 Å². The van der Waals surface area contributed by atoms with Gasteiger partial charge in [0.05, 0.1) is 18.7 Å². The van der Waals surface area contributed by atoms with Gasteiger partial charge in [-0.1, -0.05) is 0 Å². The van der Waals surface area contributed by atoms with Crippen molar-refractivity contribution in [2.24, 2.45) is 0 Å². The summed E-state index contributed by atoms with van der Waals surface area (Å²) in [4.78, 5) is 13.8. The number of carboxylic acid groups (broad SMARTS) is 1. The van der Waals surface area contributed by atoms with Crippen molar-refractivity contribution in [2.75, 3.05) is 7.11 Å². The molecule has 0 radical (unpaired) electrons. The third-order valence-electron chi connectivity index (χ3n) is 2.52. The first-order chi connectivity index (χ1) is 8.52. The van der Waals surface area contributed by atoms with E-state index < -0.39 is 5.97 Å². The quantitative estimate of drug-likeness (QED) is 0.873. The molecular formula is C13H15NO4. The van der Waals surface area contributed by atoms with Crippen molar-refractivity contribution >= 4 is 16.9 Å². The Labute approximate surface area is 104 Å². The zero-order valence-corrected chi connectivity index (χ0v) is 10.5. The molecule has 0 unspecified atom stereocenters. The highest BCUT2D eigenvalue weighted by Crippen LogP contribution is 2.36. The fourth-order valence-electron chi connectivity index (χ4n) is 1.79. The van der Waals surface area contributed by atoms with Gasteiger partial charge in [0.2, 0.25) is 0 Å². The Morgan fingerprint density at radius 1 is 1.39 bits per heavy atom. The molecule has 0 bridgehead atoms. The van der Waals surface area contributed by atoms with E-state index >= 15 is 0 Å². The van der Waals surface area contributed by atoms with Crippen LogP contribution in [0.25, 0.3) is 10.9 Å². The number of hydrogen-bond acceptors (Lipinski definition) is 3. The number of methoxy groups -OCH3 is 1. The van der Waals surface area contributed by atoms with Gasteiger partial charge >= 0.3 is 5.97 Å². The number of fused-ring (bicyclic) bond motifs is 1. The number of nitrogens with one attached hydrogen (secondary N) is 1. The number of hydrogen-bond donors (Lipinski definition) is 2. The van der Waals surface area contributed by atoms with Gasteiger partial charge in [0.25, 0.3) is 0 Å². The number of ether oxygens (including phenoxy) is 2. The minimum absolute atomic E-state index is 0.0207. The molecule has 1 heterocycles. The maximum absolute atomic E-state index is 11.0. The second-order valence-corrected chi connectivity index (χ2v) is 4.21. The van der Waals surface area contributed by atoms with Crippen molar-refractivity contribution in [1.29, 1.82) is 0 Å². The first kappa shape index (κ1) is 12.3. The summed E-state index contributed by atoms with van der Waals surface area (Å²) >= 11 is 0. The van der Waals surface area contributed by atoms with Gasteiger partial charge in [-0.25, -0.2) is 4.79 Å². The van der Waals surface area contributed by atoms with Crippen molar-refractivity contribution in [3.05, 3.63) is 23.9 Å². The average molecular weight is 249 g/mol. The van der Waals surface area contributed by atoms with Crippen LogP contribution in [0.15, 0.2) is 18.2 Å². The van der Waals surface area contributed by atoms with Gasteiger partial charge in [-0.3, -0.25) is 0 Å². The molecule has 0 amide bonds.